The number of benzene rings is 2. The van der Waals surface area contributed by atoms with E-state index < -0.39 is 0 Å². The van der Waals surface area contributed by atoms with Gasteiger partial charge in [-0.2, -0.15) is 10.2 Å². The van der Waals surface area contributed by atoms with Crippen molar-refractivity contribution < 1.29 is 9.53 Å². The van der Waals surface area contributed by atoms with Crippen LogP contribution in [0.1, 0.15) is 21.5 Å². The van der Waals surface area contributed by atoms with Crippen LogP contribution in [0.3, 0.4) is 0 Å². The van der Waals surface area contributed by atoms with Crippen molar-refractivity contribution in [1.29, 1.82) is 0 Å². The Morgan fingerprint density at radius 2 is 1.81 bits per heavy atom. The van der Waals surface area contributed by atoms with Crippen LogP contribution >= 0.6 is 22.6 Å². The van der Waals surface area contributed by atoms with Crippen LogP contribution in [0.2, 0.25) is 0 Å². The number of nitrogens with zero attached hydrogens (tertiary/aromatic N) is 2. The summed E-state index contributed by atoms with van der Waals surface area (Å²) in [7, 11) is 1.37. The number of methoxy groups -OCH3 is 1. The Bertz CT molecular complexity index is 741. The van der Waals surface area contributed by atoms with E-state index in [4.69, 9.17) is 4.74 Å². The Morgan fingerprint density at radius 1 is 1.05 bits per heavy atom. The second-order valence-electron chi connectivity index (χ2n) is 4.81. The lowest BCUT2D eigenvalue weighted by atomic mass is 10.00. The van der Waals surface area contributed by atoms with Gasteiger partial charge in [0, 0.05) is 3.57 Å². The highest BCUT2D eigenvalue weighted by Crippen LogP contribution is 2.31. The summed E-state index contributed by atoms with van der Waals surface area (Å²) in [6.45, 7) is 0. The number of halogens is 1. The highest BCUT2D eigenvalue weighted by atomic mass is 127. The van der Waals surface area contributed by atoms with Crippen LogP contribution in [0.15, 0.2) is 46.6 Å². The zero-order chi connectivity index (χ0) is 14.8. The van der Waals surface area contributed by atoms with E-state index in [1.54, 1.807) is 12.1 Å². The summed E-state index contributed by atoms with van der Waals surface area (Å²) in [6, 6.07) is 11.6. The predicted molar refractivity (Wildman–Crippen MR) is 88.5 cm³/mol. The summed E-state index contributed by atoms with van der Waals surface area (Å²) in [4.78, 5) is 11.6. The fraction of sp³-hybridized carbons (Fsp3) is 0.188. The molecule has 2 aromatic carbocycles. The van der Waals surface area contributed by atoms with E-state index in [9.17, 15) is 4.79 Å². The molecule has 0 N–H and O–H groups in total. The molecule has 0 atom stereocenters. The van der Waals surface area contributed by atoms with E-state index in [-0.39, 0.29) is 5.97 Å². The molecule has 5 heteroatoms. The minimum Gasteiger partial charge on any atom is -0.465 e. The Hall–Kier alpha value is -1.76. The van der Waals surface area contributed by atoms with Crippen molar-refractivity contribution >= 4 is 39.9 Å². The molecule has 1 aliphatic rings. The topological polar surface area (TPSA) is 51.0 Å². The van der Waals surface area contributed by atoms with Crippen LogP contribution in [-0.4, -0.2) is 13.1 Å². The van der Waals surface area contributed by atoms with Gasteiger partial charge in [0.05, 0.1) is 24.0 Å². The molecule has 0 fully saturated rings. The van der Waals surface area contributed by atoms with Gasteiger partial charge < -0.3 is 4.74 Å². The van der Waals surface area contributed by atoms with Crippen molar-refractivity contribution in [3.63, 3.8) is 0 Å². The van der Waals surface area contributed by atoms with E-state index in [0.717, 1.165) is 29.8 Å². The average molecular weight is 392 g/mol. The van der Waals surface area contributed by atoms with Crippen LogP contribution in [0.25, 0.3) is 0 Å². The fourth-order valence-electron chi connectivity index (χ4n) is 2.34. The number of carbonyl (C=O) groups is 1. The first kappa shape index (κ1) is 14.2. The maximum Gasteiger partial charge on any atom is 0.337 e. The lowest BCUT2D eigenvalue weighted by molar-refractivity contribution is 0.0601. The van der Waals surface area contributed by atoms with Crippen molar-refractivity contribution in [1.82, 2.24) is 0 Å². The molecule has 0 spiro atoms. The number of fused-ring (bicyclic) bond motifs is 2. The molecule has 0 amide bonds. The first-order valence-corrected chi connectivity index (χ1v) is 7.66. The summed E-state index contributed by atoms with van der Waals surface area (Å²) in [5.41, 5.74) is 4.43. The minimum absolute atomic E-state index is 0.356. The summed E-state index contributed by atoms with van der Waals surface area (Å²) in [5, 5.41) is 8.63. The third-order valence-electron chi connectivity index (χ3n) is 3.48. The molecule has 3 rings (SSSR count). The normalized spacial score (nSPS) is 14.4. The highest BCUT2D eigenvalue weighted by molar-refractivity contribution is 14.1. The number of rotatable bonds is 1. The summed E-state index contributed by atoms with van der Waals surface area (Å²) in [6.07, 6.45) is 1.79. The fourth-order valence-corrected chi connectivity index (χ4v) is 2.90. The van der Waals surface area contributed by atoms with Crippen LogP contribution in [0.5, 0.6) is 0 Å². The standard InChI is InChI=1S/C16H13IN2O2/c1-21-16(20)12-5-3-10-2-4-11-8-13(17)6-7-14(11)18-19-15(10)9-12/h3,5-9H,2,4H2,1H3/b19-18-. The third-order valence-corrected chi connectivity index (χ3v) is 4.15. The van der Waals surface area contributed by atoms with E-state index >= 15 is 0 Å². The molecule has 0 unspecified atom stereocenters. The first-order chi connectivity index (χ1) is 10.2. The Kier molecular flexibility index (Phi) is 4.01. The second kappa shape index (κ2) is 5.93. The minimum atomic E-state index is -0.356. The maximum atomic E-state index is 11.6. The van der Waals surface area contributed by atoms with E-state index in [2.05, 4.69) is 38.9 Å². The van der Waals surface area contributed by atoms with Crippen molar-refractivity contribution in [3.8, 4) is 0 Å². The summed E-state index contributed by atoms with van der Waals surface area (Å²) in [5.74, 6) is -0.356. The van der Waals surface area contributed by atoms with Crippen molar-refractivity contribution in [2.75, 3.05) is 7.11 Å². The van der Waals surface area contributed by atoms with Gasteiger partial charge in [-0.3, -0.25) is 0 Å². The van der Waals surface area contributed by atoms with Crippen molar-refractivity contribution in [3.05, 3.63) is 56.7 Å². The molecule has 0 bridgehead atoms. The molecule has 0 saturated heterocycles. The van der Waals surface area contributed by atoms with Gasteiger partial charge in [0.2, 0.25) is 0 Å². The number of carbonyl (C=O) groups excluding carboxylic acids is 1. The zero-order valence-electron chi connectivity index (χ0n) is 11.5. The second-order valence-corrected chi connectivity index (χ2v) is 6.05. The van der Waals surface area contributed by atoms with Gasteiger partial charge in [-0.05, 0) is 76.9 Å². The van der Waals surface area contributed by atoms with Crippen LogP contribution in [0, 0.1) is 3.57 Å². The first-order valence-electron chi connectivity index (χ1n) is 6.59. The number of hydrogen-bond donors (Lipinski definition) is 0. The van der Waals surface area contributed by atoms with Crippen molar-refractivity contribution in [2.24, 2.45) is 10.2 Å². The van der Waals surface area contributed by atoms with Gasteiger partial charge in [0.25, 0.3) is 0 Å². The van der Waals surface area contributed by atoms with Crippen molar-refractivity contribution in [2.45, 2.75) is 12.8 Å². The molecule has 2 aromatic rings. The smallest absolute Gasteiger partial charge is 0.337 e. The lowest BCUT2D eigenvalue weighted by Gasteiger charge is -2.12. The Labute approximate surface area is 136 Å². The van der Waals surface area contributed by atoms with Gasteiger partial charge in [0.15, 0.2) is 0 Å². The van der Waals surface area contributed by atoms with Gasteiger partial charge in [-0.25, -0.2) is 4.79 Å². The van der Waals surface area contributed by atoms with Crippen LogP contribution in [-0.2, 0) is 17.6 Å². The van der Waals surface area contributed by atoms with Crippen LogP contribution in [0.4, 0.5) is 11.4 Å². The largest absolute Gasteiger partial charge is 0.465 e. The van der Waals surface area contributed by atoms with Gasteiger partial charge in [-0.15, -0.1) is 0 Å². The van der Waals surface area contributed by atoms with E-state index in [1.165, 1.54) is 16.2 Å². The number of ether oxygens (including phenoxy) is 1. The molecule has 0 aromatic heterocycles. The molecule has 1 heterocycles. The molecular formula is C16H13IN2O2. The molecule has 0 radical (unpaired) electrons. The molecule has 1 aliphatic heterocycles. The molecule has 0 saturated carbocycles. The number of aryl methyl sites for hydroxylation is 2. The van der Waals surface area contributed by atoms with Gasteiger partial charge >= 0.3 is 5.97 Å². The number of hydrogen-bond acceptors (Lipinski definition) is 4. The average Bonchev–Trinajstić information content (AvgIpc) is 2.49. The number of esters is 1. The quantitative estimate of drug-likeness (QED) is 0.527. The summed E-state index contributed by atoms with van der Waals surface area (Å²) < 4.78 is 5.94. The monoisotopic (exact) mass is 392 g/mol. The summed E-state index contributed by atoms with van der Waals surface area (Å²) >= 11 is 2.30. The molecule has 4 nitrogen and oxygen atoms in total. The maximum absolute atomic E-state index is 11.6. The Morgan fingerprint density at radius 3 is 2.62 bits per heavy atom. The lowest BCUT2D eigenvalue weighted by Crippen LogP contribution is -2.02. The third kappa shape index (κ3) is 2.97. The molecule has 0 aliphatic carbocycles. The zero-order valence-corrected chi connectivity index (χ0v) is 13.6. The van der Waals surface area contributed by atoms with Crippen LogP contribution < -0.4 is 0 Å². The highest BCUT2D eigenvalue weighted by Gasteiger charge is 2.13. The molecule has 106 valence electrons. The number of azo groups is 1. The molecular weight excluding hydrogens is 379 g/mol. The SMILES string of the molecule is COC(=O)c1ccc2c(c1)/N=N\c1ccc(I)cc1CC2. The molecule has 21 heavy (non-hydrogen) atoms. The van der Waals surface area contributed by atoms with E-state index in [1.807, 2.05) is 18.2 Å². The van der Waals surface area contributed by atoms with Gasteiger partial charge in [0.1, 0.15) is 0 Å². The van der Waals surface area contributed by atoms with E-state index in [0.29, 0.717) is 5.56 Å². The Balaban J connectivity index is 2.03. The predicted octanol–water partition coefficient (Wildman–Crippen LogP) is 4.59. The van der Waals surface area contributed by atoms with Gasteiger partial charge in [-0.1, -0.05) is 6.07 Å².